The molecule has 11 atom stereocenters. The third kappa shape index (κ3) is 6.90. The molecule has 0 amide bonds. The molecule has 1 saturated heterocycles. The van der Waals surface area contributed by atoms with Crippen LogP contribution in [0.2, 0.25) is 0 Å². The number of fused-ring (bicyclic) bond motifs is 4. The van der Waals surface area contributed by atoms with Crippen LogP contribution < -0.4 is 5.32 Å². The van der Waals surface area contributed by atoms with Crippen molar-refractivity contribution in [3.8, 4) is 0 Å². The van der Waals surface area contributed by atoms with Crippen molar-refractivity contribution in [3.63, 3.8) is 0 Å². The van der Waals surface area contributed by atoms with Gasteiger partial charge in [-0.25, -0.2) is 0 Å². The SMILES string of the molecule is C1CCC(C2CCC3C4CCC(C5CCC(C6CCCCC6NC6CCCC7CCCCC76)CC5)CC4N(C4CCCCC4)C3C2)CC1. The molecule has 0 aromatic rings. The Morgan fingerprint density at radius 2 is 0.708 bits per heavy atom. The van der Waals surface area contributed by atoms with Crippen molar-refractivity contribution in [2.75, 3.05) is 0 Å². The monoisotopic (exact) mass is 659 g/mol. The highest BCUT2D eigenvalue weighted by atomic mass is 15.3. The maximum Gasteiger partial charge on any atom is 0.0135 e. The summed E-state index contributed by atoms with van der Waals surface area (Å²) < 4.78 is 0. The summed E-state index contributed by atoms with van der Waals surface area (Å²) in [6, 6.07) is 4.61. The van der Waals surface area contributed by atoms with Crippen molar-refractivity contribution in [1.29, 1.82) is 0 Å². The van der Waals surface area contributed by atoms with Gasteiger partial charge in [0.1, 0.15) is 0 Å². The van der Waals surface area contributed by atoms with Crippen LogP contribution in [0, 0.1) is 59.2 Å². The van der Waals surface area contributed by atoms with Crippen molar-refractivity contribution in [2.45, 2.75) is 229 Å². The van der Waals surface area contributed by atoms with Gasteiger partial charge in [-0.05, 0) is 162 Å². The Morgan fingerprint density at radius 1 is 0.292 bits per heavy atom. The number of likely N-dealkylation sites (tertiary alicyclic amines) is 1. The average Bonchev–Trinajstić information content (AvgIpc) is 3.49. The average molecular weight is 659 g/mol. The van der Waals surface area contributed by atoms with Crippen LogP contribution in [0.4, 0.5) is 0 Å². The maximum absolute atomic E-state index is 4.48. The molecular weight excluding hydrogens is 581 g/mol. The van der Waals surface area contributed by atoms with Crippen LogP contribution in [-0.4, -0.2) is 35.1 Å². The molecule has 0 radical (unpaired) electrons. The molecule has 9 rings (SSSR count). The molecule has 8 saturated carbocycles. The fourth-order valence-corrected chi connectivity index (χ4v) is 16.1. The first kappa shape index (κ1) is 33.7. The molecule has 1 aliphatic heterocycles. The summed E-state index contributed by atoms with van der Waals surface area (Å²) in [5.74, 6) is 10.5. The summed E-state index contributed by atoms with van der Waals surface area (Å²) >= 11 is 0. The highest BCUT2D eigenvalue weighted by molar-refractivity contribution is 5.08. The van der Waals surface area contributed by atoms with Crippen LogP contribution >= 0.6 is 0 Å². The molecule has 1 N–H and O–H groups in total. The van der Waals surface area contributed by atoms with Crippen molar-refractivity contribution in [1.82, 2.24) is 10.2 Å². The van der Waals surface area contributed by atoms with Gasteiger partial charge in [-0.2, -0.15) is 0 Å². The molecule has 48 heavy (non-hydrogen) atoms. The van der Waals surface area contributed by atoms with Crippen LogP contribution in [-0.2, 0) is 0 Å². The second kappa shape index (κ2) is 15.5. The van der Waals surface area contributed by atoms with E-state index in [1.165, 1.54) is 103 Å². The van der Waals surface area contributed by atoms with Crippen molar-refractivity contribution in [3.05, 3.63) is 0 Å². The van der Waals surface area contributed by atoms with E-state index in [2.05, 4.69) is 10.2 Å². The van der Waals surface area contributed by atoms with E-state index in [1.54, 1.807) is 96.3 Å². The Balaban J connectivity index is 0.835. The Labute approximate surface area is 297 Å². The van der Waals surface area contributed by atoms with Crippen molar-refractivity contribution >= 4 is 0 Å². The van der Waals surface area contributed by atoms with E-state index in [4.69, 9.17) is 0 Å². The zero-order valence-electron chi connectivity index (χ0n) is 31.5. The predicted molar refractivity (Wildman–Crippen MR) is 202 cm³/mol. The van der Waals surface area contributed by atoms with Gasteiger partial charge in [-0.3, -0.25) is 4.90 Å². The lowest BCUT2D eigenvalue weighted by Crippen LogP contribution is -2.52. The molecule has 8 aliphatic carbocycles. The summed E-state index contributed by atoms with van der Waals surface area (Å²) in [6.45, 7) is 0. The third-order valence-electron chi connectivity index (χ3n) is 18.4. The van der Waals surface area contributed by atoms with Gasteiger partial charge in [-0.1, -0.05) is 96.3 Å². The Hall–Kier alpha value is -0.0800. The van der Waals surface area contributed by atoms with Crippen molar-refractivity contribution in [2.24, 2.45) is 59.2 Å². The fraction of sp³-hybridized carbons (Fsp3) is 1.00. The van der Waals surface area contributed by atoms with Gasteiger partial charge in [0.15, 0.2) is 0 Å². The number of rotatable bonds is 6. The smallest absolute Gasteiger partial charge is 0.0135 e. The Morgan fingerprint density at radius 3 is 1.35 bits per heavy atom. The van der Waals surface area contributed by atoms with Crippen molar-refractivity contribution < 1.29 is 0 Å². The first-order chi connectivity index (χ1) is 23.8. The summed E-state index contributed by atoms with van der Waals surface area (Å²) in [7, 11) is 0. The lowest BCUT2D eigenvalue weighted by molar-refractivity contribution is 0.0241. The Kier molecular flexibility index (Phi) is 10.9. The standard InChI is InChI=1S/C46H78N2/c1-3-12-32(13-4-1)36-26-28-41-42-29-27-37(31-46(42)48(45(41)30-36)38-16-5-2-6-17-38)33-22-24-35(25-23-33)40-19-9-10-20-43(40)47-44-21-11-15-34-14-7-8-18-39(34)44/h32-47H,1-31H2. The molecule has 11 unspecified atom stereocenters. The number of nitrogens with one attached hydrogen (secondary N) is 1. The molecule has 0 spiro atoms. The second-order valence-corrected chi connectivity index (χ2v) is 20.4. The molecule has 2 heteroatoms. The molecule has 9 aliphatic rings. The minimum atomic E-state index is 0.852. The van der Waals surface area contributed by atoms with E-state index in [9.17, 15) is 0 Å². The van der Waals surface area contributed by atoms with E-state index in [-0.39, 0.29) is 0 Å². The molecular formula is C46H78N2. The van der Waals surface area contributed by atoms with E-state index >= 15 is 0 Å². The molecule has 0 aromatic carbocycles. The quantitative estimate of drug-likeness (QED) is 0.305. The molecule has 9 fully saturated rings. The molecule has 272 valence electrons. The van der Waals surface area contributed by atoms with Gasteiger partial charge in [0.2, 0.25) is 0 Å². The summed E-state index contributed by atoms with van der Waals surface area (Å²) in [4.78, 5) is 3.36. The van der Waals surface area contributed by atoms with Crippen LogP contribution in [0.5, 0.6) is 0 Å². The molecule has 2 nitrogen and oxygen atoms in total. The van der Waals surface area contributed by atoms with Crippen LogP contribution in [0.15, 0.2) is 0 Å². The summed E-state index contributed by atoms with van der Waals surface area (Å²) in [6.07, 6.45) is 48.0. The topological polar surface area (TPSA) is 15.3 Å². The van der Waals surface area contributed by atoms with E-state index < -0.39 is 0 Å². The maximum atomic E-state index is 4.48. The third-order valence-corrected chi connectivity index (χ3v) is 18.4. The lowest BCUT2D eigenvalue weighted by atomic mass is 9.62. The first-order valence-electron chi connectivity index (χ1n) is 23.3. The van der Waals surface area contributed by atoms with Crippen LogP contribution in [0.3, 0.4) is 0 Å². The van der Waals surface area contributed by atoms with Gasteiger partial charge in [0, 0.05) is 30.2 Å². The van der Waals surface area contributed by atoms with E-state index in [0.717, 1.165) is 89.4 Å². The largest absolute Gasteiger partial charge is 0.311 e. The molecule has 0 bridgehead atoms. The lowest BCUT2D eigenvalue weighted by Gasteiger charge is -2.48. The zero-order valence-corrected chi connectivity index (χ0v) is 31.5. The minimum absolute atomic E-state index is 0.852. The van der Waals surface area contributed by atoms with Crippen LogP contribution in [0.1, 0.15) is 199 Å². The van der Waals surface area contributed by atoms with Gasteiger partial charge in [0.25, 0.3) is 0 Å². The van der Waals surface area contributed by atoms with Gasteiger partial charge in [0.05, 0.1) is 0 Å². The van der Waals surface area contributed by atoms with Gasteiger partial charge >= 0.3 is 0 Å². The summed E-state index contributed by atoms with van der Waals surface area (Å²) in [5.41, 5.74) is 0. The molecule has 0 aromatic heterocycles. The van der Waals surface area contributed by atoms with Crippen LogP contribution in [0.25, 0.3) is 0 Å². The minimum Gasteiger partial charge on any atom is -0.311 e. The predicted octanol–water partition coefficient (Wildman–Crippen LogP) is 12.1. The number of nitrogens with zero attached hydrogens (tertiary/aromatic N) is 1. The first-order valence-corrected chi connectivity index (χ1v) is 23.3. The van der Waals surface area contributed by atoms with E-state index in [0.29, 0.717) is 0 Å². The Bertz CT molecular complexity index is 1000. The number of hydrogen-bond acceptors (Lipinski definition) is 2. The number of hydrogen-bond donors (Lipinski definition) is 1. The normalized spacial score (nSPS) is 48.4. The van der Waals surface area contributed by atoms with Gasteiger partial charge in [-0.15, -0.1) is 0 Å². The fourth-order valence-electron chi connectivity index (χ4n) is 16.1. The second-order valence-electron chi connectivity index (χ2n) is 20.4. The van der Waals surface area contributed by atoms with E-state index in [1.807, 2.05) is 0 Å². The van der Waals surface area contributed by atoms with Gasteiger partial charge < -0.3 is 5.32 Å². The highest BCUT2D eigenvalue weighted by Crippen LogP contribution is 2.57. The highest BCUT2D eigenvalue weighted by Gasteiger charge is 2.55. The summed E-state index contributed by atoms with van der Waals surface area (Å²) in [5, 5.41) is 4.48. The zero-order chi connectivity index (χ0) is 31.9. The molecule has 1 heterocycles.